The van der Waals surface area contributed by atoms with Gasteiger partial charge in [0.2, 0.25) is 5.91 Å². The van der Waals surface area contributed by atoms with Crippen LogP contribution in [0.25, 0.3) is 0 Å². The van der Waals surface area contributed by atoms with E-state index >= 15 is 0 Å². The fourth-order valence-corrected chi connectivity index (χ4v) is 2.78. The van der Waals surface area contributed by atoms with Crippen molar-refractivity contribution in [1.29, 1.82) is 0 Å². The number of piperidine rings is 1. The summed E-state index contributed by atoms with van der Waals surface area (Å²) in [7, 11) is -1.37. The van der Waals surface area contributed by atoms with E-state index in [2.05, 4.69) is 10.2 Å². The first-order valence-electron chi connectivity index (χ1n) is 5.62. The summed E-state index contributed by atoms with van der Waals surface area (Å²) in [4.78, 5) is 14.0. The topological polar surface area (TPSA) is 92.5 Å². The molecule has 1 aliphatic rings. The molecule has 0 aromatic carbocycles. The Morgan fingerprint density at radius 3 is 2.33 bits per heavy atom. The maximum atomic E-state index is 11.7. The van der Waals surface area contributed by atoms with Gasteiger partial charge in [0.15, 0.2) is 9.84 Å². The molecule has 1 heterocycles. The average molecular weight is 293 g/mol. The van der Waals surface area contributed by atoms with E-state index in [9.17, 15) is 13.2 Å². The maximum absolute atomic E-state index is 11.7. The molecule has 1 aliphatic heterocycles. The van der Waals surface area contributed by atoms with Crippen molar-refractivity contribution >= 4 is 33.0 Å². The van der Waals surface area contributed by atoms with Gasteiger partial charge in [-0.05, 0) is 19.9 Å². The van der Waals surface area contributed by atoms with E-state index in [1.54, 1.807) is 0 Å². The zero-order valence-electron chi connectivity index (χ0n) is 10.6. The zero-order valence-corrected chi connectivity index (χ0v) is 12.2. The first kappa shape index (κ1) is 15.3. The van der Waals surface area contributed by atoms with Gasteiger partial charge in [0.1, 0.15) is 5.75 Å². The highest BCUT2D eigenvalue weighted by molar-refractivity contribution is 7.91. The number of nitrogens with zero attached hydrogens (tertiary/aromatic N) is 1. The highest BCUT2D eigenvalue weighted by atomic mass is 32.2. The molecule has 0 aromatic heterocycles. The molecule has 0 bridgehead atoms. The van der Waals surface area contributed by atoms with Crippen LogP contribution in [0.4, 0.5) is 0 Å². The van der Waals surface area contributed by atoms with Crippen molar-refractivity contribution in [1.82, 2.24) is 10.2 Å². The lowest BCUT2D eigenvalue weighted by Crippen LogP contribution is -2.62. The summed E-state index contributed by atoms with van der Waals surface area (Å²) in [5.41, 5.74) is 4.96. The van der Waals surface area contributed by atoms with Crippen LogP contribution in [0, 0.1) is 0 Å². The average Bonchev–Trinajstić information content (AvgIpc) is 2.18. The van der Waals surface area contributed by atoms with Crippen LogP contribution >= 0.6 is 12.2 Å². The number of thiocarbonyl (C=S) groups is 1. The molecule has 0 aliphatic carbocycles. The fraction of sp³-hybridized carbons (Fsp3) is 0.800. The minimum atomic E-state index is -3.34. The molecular formula is C10H19N3O3S2. The van der Waals surface area contributed by atoms with Crippen molar-refractivity contribution in [3.8, 4) is 0 Å². The Balaban J connectivity index is 2.76. The van der Waals surface area contributed by atoms with Crippen molar-refractivity contribution in [3.63, 3.8) is 0 Å². The molecule has 6 nitrogen and oxygen atoms in total. The Morgan fingerprint density at radius 1 is 1.44 bits per heavy atom. The van der Waals surface area contributed by atoms with E-state index in [0.717, 1.165) is 19.3 Å². The number of hydrogen-bond acceptors (Lipinski definition) is 5. The summed E-state index contributed by atoms with van der Waals surface area (Å²) in [5, 5.41) is 2.70. The van der Waals surface area contributed by atoms with Gasteiger partial charge in [-0.15, -0.1) is 0 Å². The van der Waals surface area contributed by atoms with E-state index in [1.165, 1.54) is 0 Å². The molecule has 0 radical (unpaired) electrons. The van der Waals surface area contributed by atoms with Crippen LogP contribution in [-0.4, -0.2) is 61.9 Å². The lowest BCUT2D eigenvalue weighted by molar-refractivity contribution is -0.120. The molecule has 3 N–H and O–H groups in total. The third kappa shape index (κ3) is 4.18. The van der Waals surface area contributed by atoms with Gasteiger partial charge in [-0.3, -0.25) is 4.79 Å². The van der Waals surface area contributed by atoms with Crippen molar-refractivity contribution < 1.29 is 13.2 Å². The smallest absolute Gasteiger partial charge is 0.235 e. The van der Waals surface area contributed by atoms with Crippen LogP contribution < -0.4 is 11.1 Å². The first-order chi connectivity index (χ1) is 8.15. The second-order valence-corrected chi connectivity index (χ2v) is 7.45. The molecule has 0 aromatic rings. The molecule has 0 spiro atoms. The minimum absolute atomic E-state index is 0.220. The van der Waals surface area contributed by atoms with E-state index in [-0.39, 0.29) is 4.99 Å². The Bertz CT molecular complexity index is 439. The third-order valence-corrected chi connectivity index (χ3v) is 4.26. The normalized spacial score (nSPS) is 20.3. The van der Waals surface area contributed by atoms with E-state index < -0.39 is 27.0 Å². The standard InChI is InChI=1S/C10H19N3O3S2/c1-13-5-3-10(4-6-13,9(11)17)12-8(14)7-18(2,15)16/h3-7H2,1-2H3,(H2,11,17)(H,12,14). The molecular weight excluding hydrogens is 274 g/mol. The van der Waals surface area contributed by atoms with Crippen LogP contribution in [0.15, 0.2) is 0 Å². The van der Waals surface area contributed by atoms with Crippen LogP contribution in [0.3, 0.4) is 0 Å². The molecule has 1 amide bonds. The predicted molar refractivity (Wildman–Crippen MR) is 74.1 cm³/mol. The van der Waals surface area contributed by atoms with Crippen LogP contribution in [-0.2, 0) is 14.6 Å². The summed E-state index contributed by atoms with van der Waals surface area (Å²) < 4.78 is 22.2. The molecule has 1 rings (SSSR count). The highest BCUT2D eigenvalue weighted by Gasteiger charge is 2.38. The number of nitrogens with one attached hydrogen (secondary N) is 1. The van der Waals surface area contributed by atoms with Gasteiger partial charge in [-0.25, -0.2) is 8.42 Å². The number of amides is 1. The number of likely N-dealkylation sites (tertiary alicyclic amines) is 1. The van der Waals surface area contributed by atoms with Crippen molar-refractivity contribution in [3.05, 3.63) is 0 Å². The largest absolute Gasteiger partial charge is 0.391 e. The van der Waals surface area contributed by atoms with Crippen molar-refractivity contribution in [2.75, 3.05) is 32.1 Å². The van der Waals surface area contributed by atoms with Crippen molar-refractivity contribution in [2.24, 2.45) is 5.73 Å². The van der Waals surface area contributed by atoms with Gasteiger partial charge in [0.25, 0.3) is 0 Å². The minimum Gasteiger partial charge on any atom is -0.391 e. The number of carbonyl (C=O) groups is 1. The number of hydrogen-bond donors (Lipinski definition) is 2. The van der Waals surface area contributed by atoms with Gasteiger partial charge >= 0.3 is 0 Å². The summed E-state index contributed by atoms with van der Waals surface area (Å²) >= 11 is 5.02. The Hall–Kier alpha value is -0.730. The van der Waals surface area contributed by atoms with Crippen molar-refractivity contribution in [2.45, 2.75) is 18.4 Å². The molecule has 1 fully saturated rings. The second-order valence-electron chi connectivity index (χ2n) is 4.87. The molecule has 8 heteroatoms. The zero-order chi connectivity index (χ0) is 14.0. The van der Waals surface area contributed by atoms with Gasteiger partial charge in [-0.2, -0.15) is 0 Å². The van der Waals surface area contributed by atoms with E-state index in [0.29, 0.717) is 12.8 Å². The SMILES string of the molecule is CN1CCC(NC(=O)CS(C)(=O)=O)(C(N)=S)CC1. The molecule has 18 heavy (non-hydrogen) atoms. The number of nitrogens with two attached hydrogens (primary N) is 1. The lowest BCUT2D eigenvalue weighted by atomic mass is 9.87. The van der Waals surface area contributed by atoms with E-state index in [4.69, 9.17) is 18.0 Å². The monoisotopic (exact) mass is 293 g/mol. The van der Waals surface area contributed by atoms with Gasteiger partial charge in [-0.1, -0.05) is 12.2 Å². The number of carbonyl (C=O) groups excluding carboxylic acids is 1. The predicted octanol–water partition coefficient (Wildman–Crippen LogP) is -1.10. The molecule has 0 saturated carbocycles. The maximum Gasteiger partial charge on any atom is 0.235 e. The van der Waals surface area contributed by atoms with Gasteiger partial charge in [0, 0.05) is 19.3 Å². The Morgan fingerprint density at radius 2 is 1.94 bits per heavy atom. The summed E-state index contributed by atoms with van der Waals surface area (Å²) in [6.07, 6.45) is 2.23. The summed E-state index contributed by atoms with van der Waals surface area (Å²) in [6.45, 7) is 1.52. The molecule has 0 atom stereocenters. The first-order valence-corrected chi connectivity index (χ1v) is 8.09. The summed E-state index contributed by atoms with van der Waals surface area (Å²) in [5.74, 6) is -1.08. The highest BCUT2D eigenvalue weighted by Crippen LogP contribution is 2.22. The van der Waals surface area contributed by atoms with Crippen LogP contribution in [0.2, 0.25) is 0 Å². The summed E-state index contributed by atoms with van der Waals surface area (Å²) in [6, 6.07) is 0. The molecule has 0 unspecified atom stereocenters. The number of sulfone groups is 1. The Kier molecular flexibility index (Phi) is 4.68. The van der Waals surface area contributed by atoms with E-state index in [1.807, 2.05) is 7.05 Å². The second kappa shape index (κ2) is 5.50. The fourth-order valence-electron chi connectivity index (χ4n) is 1.97. The quantitative estimate of drug-likeness (QED) is 0.639. The van der Waals surface area contributed by atoms with Gasteiger partial charge in [0.05, 0.1) is 10.5 Å². The van der Waals surface area contributed by atoms with Gasteiger partial charge < -0.3 is 16.0 Å². The third-order valence-electron chi connectivity index (χ3n) is 3.08. The molecule has 104 valence electrons. The lowest BCUT2D eigenvalue weighted by Gasteiger charge is -2.40. The van der Waals surface area contributed by atoms with Crippen LogP contribution in [0.5, 0.6) is 0 Å². The number of rotatable bonds is 4. The molecule has 1 saturated heterocycles. The van der Waals surface area contributed by atoms with Crippen LogP contribution in [0.1, 0.15) is 12.8 Å². The Labute approximate surface area is 113 Å².